The third-order valence-corrected chi connectivity index (χ3v) is 7.02. The first-order chi connectivity index (χ1) is 18.1. The van der Waals surface area contributed by atoms with Crippen LogP contribution in [0.25, 0.3) is 21.9 Å². The van der Waals surface area contributed by atoms with Crippen molar-refractivity contribution < 1.29 is 14.6 Å². The zero-order valence-electron chi connectivity index (χ0n) is 21.5. The summed E-state index contributed by atoms with van der Waals surface area (Å²) in [5.74, 6) is 1.65. The van der Waals surface area contributed by atoms with Gasteiger partial charge in [-0.25, -0.2) is 4.98 Å². The number of ether oxygens (including phenoxy) is 2. The van der Waals surface area contributed by atoms with Crippen molar-refractivity contribution in [2.75, 3.05) is 38.0 Å². The van der Waals surface area contributed by atoms with E-state index in [4.69, 9.17) is 15.2 Å². The van der Waals surface area contributed by atoms with Gasteiger partial charge in [0.2, 0.25) is 5.95 Å². The monoisotopic (exact) mass is 504 g/mol. The molecule has 196 valence electrons. The summed E-state index contributed by atoms with van der Waals surface area (Å²) in [5.41, 5.74) is 11.1. The molecule has 3 heterocycles. The lowest BCUT2D eigenvalue weighted by Crippen LogP contribution is -2.28. The highest BCUT2D eigenvalue weighted by Crippen LogP contribution is 2.34. The van der Waals surface area contributed by atoms with Crippen molar-refractivity contribution in [2.24, 2.45) is 0 Å². The van der Waals surface area contributed by atoms with E-state index in [1.807, 2.05) is 18.2 Å². The number of benzene rings is 2. The molecule has 0 amide bonds. The number of nitrogen functional groups attached to an aromatic ring is 1. The third kappa shape index (κ3) is 5.34. The van der Waals surface area contributed by atoms with Gasteiger partial charge in [0.15, 0.2) is 5.82 Å². The van der Waals surface area contributed by atoms with E-state index < -0.39 is 0 Å². The number of anilines is 2. The van der Waals surface area contributed by atoms with Gasteiger partial charge in [0.05, 0.1) is 38.4 Å². The van der Waals surface area contributed by atoms with E-state index in [2.05, 4.69) is 56.4 Å². The molecule has 1 aliphatic heterocycles. The summed E-state index contributed by atoms with van der Waals surface area (Å²) >= 11 is 0. The fourth-order valence-corrected chi connectivity index (χ4v) is 5.15. The van der Waals surface area contributed by atoms with Crippen LogP contribution in [0, 0.1) is 0 Å². The molecular formula is C28H36N6O3. The lowest BCUT2D eigenvalue weighted by atomic mass is 10.1. The first-order valence-corrected chi connectivity index (χ1v) is 13.0. The maximum Gasteiger partial charge on any atom is 0.222 e. The summed E-state index contributed by atoms with van der Waals surface area (Å²) in [6.07, 6.45) is 2.79. The number of fused-ring (bicyclic) bond motifs is 3. The normalized spacial score (nSPS) is 16.5. The first kappa shape index (κ1) is 25.3. The fraction of sp³-hybridized carbons (Fsp3) is 0.429. The van der Waals surface area contributed by atoms with Crippen LogP contribution in [0.3, 0.4) is 0 Å². The molecule has 2 atom stereocenters. The molecular weight excluding hydrogens is 468 g/mol. The Bertz CT molecular complexity index is 1370. The second-order valence-electron chi connectivity index (χ2n) is 9.63. The van der Waals surface area contributed by atoms with Gasteiger partial charge in [0.1, 0.15) is 16.8 Å². The molecule has 1 aliphatic rings. The van der Waals surface area contributed by atoms with Gasteiger partial charge < -0.3 is 35.5 Å². The molecule has 2 unspecified atom stereocenters. The Balaban J connectivity index is 1.58. The quantitative estimate of drug-likeness (QED) is 0.244. The highest BCUT2D eigenvalue weighted by molar-refractivity contribution is 6.09. The van der Waals surface area contributed by atoms with Gasteiger partial charge >= 0.3 is 0 Å². The molecule has 1 fully saturated rings. The van der Waals surface area contributed by atoms with Crippen LogP contribution in [0.2, 0.25) is 0 Å². The van der Waals surface area contributed by atoms with E-state index in [0.29, 0.717) is 18.4 Å². The molecule has 9 nitrogen and oxygen atoms in total. The zero-order chi connectivity index (χ0) is 25.8. The topological polar surface area (TPSA) is 119 Å². The number of nitrogens with two attached hydrogens (primary N) is 1. The highest BCUT2D eigenvalue weighted by atomic mass is 16.5. The minimum absolute atomic E-state index is 0.00831. The standard InChI is InChI=1S/C28H36N6O3/c1-3-6-20(16-35)31-27-26-25(32-28(29)33-27)22-7-4-5-8-23(22)34(26)15-19-13-18(9-10-24(19)36-2)14-30-21-11-12-37-17-21/h4-5,7-10,13,20-21,30,35H,3,6,11-12,14-17H2,1-2H3,(H3,29,31,32,33). The number of methoxy groups -OCH3 is 1. The minimum atomic E-state index is -0.127. The Labute approximate surface area is 217 Å². The largest absolute Gasteiger partial charge is 0.496 e. The number of nitrogens with one attached hydrogen (secondary N) is 2. The molecule has 2 aromatic carbocycles. The van der Waals surface area contributed by atoms with Gasteiger partial charge in [-0.05, 0) is 36.6 Å². The van der Waals surface area contributed by atoms with Gasteiger partial charge in [-0.15, -0.1) is 0 Å². The predicted molar refractivity (Wildman–Crippen MR) is 147 cm³/mol. The van der Waals surface area contributed by atoms with Gasteiger partial charge in [-0.2, -0.15) is 4.98 Å². The summed E-state index contributed by atoms with van der Waals surface area (Å²) in [7, 11) is 1.70. The molecule has 0 saturated carbocycles. The Morgan fingerprint density at radius 1 is 1.24 bits per heavy atom. The first-order valence-electron chi connectivity index (χ1n) is 13.0. The van der Waals surface area contributed by atoms with Crippen LogP contribution < -0.4 is 21.1 Å². The molecule has 0 radical (unpaired) electrons. The number of nitrogens with zero attached hydrogens (tertiary/aromatic N) is 3. The minimum Gasteiger partial charge on any atom is -0.496 e. The predicted octanol–water partition coefficient (Wildman–Crippen LogP) is 3.68. The van der Waals surface area contributed by atoms with Gasteiger partial charge in [-0.1, -0.05) is 37.6 Å². The number of aliphatic hydroxyl groups is 1. The molecule has 0 spiro atoms. The lowest BCUT2D eigenvalue weighted by molar-refractivity contribution is 0.190. The van der Waals surface area contributed by atoms with E-state index in [0.717, 1.165) is 72.3 Å². The summed E-state index contributed by atoms with van der Waals surface area (Å²) in [5, 5.41) is 18.0. The lowest BCUT2D eigenvalue weighted by Gasteiger charge is -2.19. The van der Waals surface area contributed by atoms with Crippen LogP contribution in [0.5, 0.6) is 5.75 Å². The van der Waals surface area contributed by atoms with E-state index in [1.165, 1.54) is 5.56 Å². The van der Waals surface area contributed by atoms with Crippen LogP contribution in [-0.4, -0.2) is 58.7 Å². The molecule has 9 heteroatoms. The molecule has 2 aromatic heterocycles. The Kier molecular flexibility index (Phi) is 7.73. The number of rotatable bonds is 11. The highest BCUT2D eigenvalue weighted by Gasteiger charge is 2.21. The average Bonchev–Trinajstić information content (AvgIpc) is 3.54. The van der Waals surface area contributed by atoms with Crippen molar-refractivity contribution in [3.8, 4) is 5.75 Å². The summed E-state index contributed by atoms with van der Waals surface area (Å²) < 4.78 is 13.5. The number of hydrogen-bond acceptors (Lipinski definition) is 8. The third-order valence-electron chi connectivity index (χ3n) is 7.02. The van der Waals surface area contributed by atoms with Crippen molar-refractivity contribution in [3.05, 3.63) is 53.6 Å². The molecule has 0 bridgehead atoms. The van der Waals surface area contributed by atoms with Crippen molar-refractivity contribution in [2.45, 2.75) is 51.4 Å². The Hall–Kier alpha value is -3.40. The second kappa shape index (κ2) is 11.3. The van der Waals surface area contributed by atoms with Gasteiger partial charge in [0, 0.05) is 30.1 Å². The van der Waals surface area contributed by atoms with Gasteiger partial charge in [-0.3, -0.25) is 0 Å². The van der Waals surface area contributed by atoms with Crippen molar-refractivity contribution >= 4 is 33.7 Å². The van der Waals surface area contributed by atoms with Crippen molar-refractivity contribution in [1.29, 1.82) is 0 Å². The van der Waals surface area contributed by atoms with E-state index in [-0.39, 0.29) is 18.6 Å². The molecule has 4 aromatic rings. The smallest absolute Gasteiger partial charge is 0.222 e. The van der Waals surface area contributed by atoms with Crippen LogP contribution in [0.4, 0.5) is 11.8 Å². The van der Waals surface area contributed by atoms with Crippen LogP contribution >= 0.6 is 0 Å². The number of aliphatic hydroxyl groups excluding tert-OH is 1. The molecule has 5 rings (SSSR count). The van der Waals surface area contributed by atoms with E-state index >= 15 is 0 Å². The maximum absolute atomic E-state index is 9.96. The van der Waals surface area contributed by atoms with Crippen LogP contribution in [0.1, 0.15) is 37.3 Å². The number of aromatic nitrogens is 3. The molecule has 5 N–H and O–H groups in total. The van der Waals surface area contributed by atoms with Crippen LogP contribution in [0.15, 0.2) is 42.5 Å². The van der Waals surface area contributed by atoms with Crippen LogP contribution in [-0.2, 0) is 17.8 Å². The van der Waals surface area contributed by atoms with E-state index in [9.17, 15) is 5.11 Å². The molecule has 1 saturated heterocycles. The van der Waals surface area contributed by atoms with Crippen molar-refractivity contribution in [3.63, 3.8) is 0 Å². The Morgan fingerprint density at radius 3 is 2.86 bits per heavy atom. The molecule has 37 heavy (non-hydrogen) atoms. The maximum atomic E-state index is 9.96. The molecule has 0 aliphatic carbocycles. The summed E-state index contributed by atoms with van der Waals surface area (Å²) in [6, 6.07) is 14.8. The number of para-hydroxylation sites is 1. The summed E-state index contributed by atoms with van der Waals surface area (Å²) in [6.45, 7) is 5.01. The average molecular weight is 505 g/mol. The zero-order valence-corrected chi connectivity index (χ0v) is 21.5. The van der Waals surface area contributed by atoms with Gasteiger partial charge in [0.25, 0.3) is 0 Å². The summed E-state index contributed by atoms with van der Waals surface area (Å²) in [4.78, 5) is 9.20. The van der Waals surface area contributed by atoms with Crippen molar-refractivity contribution in [1.82, 2.24) is 19.9 Å². The SMILES string of the molecule is CCCC(CO)Nc1nc(N)nc2c3ccccc3n(Cc3cc(CNC4CCOC4)ccc3OC)c12. The fourth-order valence-electron chi connectivity index (χ4n) is 5.15. The number of hydrogen-bond donors (Lipinski definition) is 4. The second-order valence-corrected chi connectivity index (χ2v) is 9.63. The van der Waals surface area contributed by atoms with E-state index in [1.54, 1.807) is 7.11 Å². The Morgan fingerprint density at radius 2 is 2.11 bits per heavy atom.